The quantitative estimate of drug-likeness (QED) is 0.543. The molecular weight excluding hydrogens is 368 g/mol. The number of rotatable bonds is 5. The summed E-state index contributed by atoms with van der Waals surface area (Å²) >= 11 is 0. The molecule has 0 bridgehead atoms. The molecule has 30 heavy (non-hydrogen) atoms. The number of hydrogen-bond acceptors (Lipinski definition) is 4. The standard InChI is InChI=1S/C26H34N4/c1-27-23-15-13-19(17-25(23)29-21-9-5-3-6-10-21)20-14-16-24(28-2)26(18-20)30-22-11-7-4-8-12-22/h13-18,27-28H,3-12H2,1-2H3. The molecule has 0 atom stereocenters. The number of nitrogens with zero attached hydrogens (tertiary/aromatic N) is 2. The van der Waals surface area contributed by atoms with Gasteiger partial charge in [0.2, 0.25) is 0 Å². The van der Waals surface area contributed by atoms with Crippen molar-refractivity contribution in [1.82, 2.24) is 0 Å². The van der Waals surface area contributed by atoms with Crippen molar-refractivity contribution in [2.45, 2.75) is 64.2 Å². The normalized spacial score (nSPS) is 16.9. The Morgan fingerprint density at radius 1 is 0.567 bits per heavy atom. The van der Waals surface area contributed by atoms with E-state index < -0.39 is 0 Å². The Balaban J connectivity index is 1.69. The zero-order valence-corrected chi connectivity index (χ0v) is 18.4. The zero-order valence-electron chi connectivity index (χ0n) is 18.4. The molecule has 158 valence electrons. The molecule has 4 rings (SSSR count). The van der Waals surface area contributed by atoms with E-state index in [0.717, 1.165) is 48.4 Å². The highest BCUT2D eigenvalue weighted by molar-refractivity contribution is 5.91. The second-order valence-electron chi connectivity index (χ2n) is 8.44. The van der Waals surface area contributed by atoms with Crippen LogP contribution in [0.1, 0.15) is 64.2 Å². The molecule has 2 N–H and O–H groups in total. The molecule has 2 fully saturated rings. The summed E-state index contributed by atoms with van der Waals surface area (Å²) in [6, 6.07) is 13.1. The van der Waals surface area contributed by atoms with E-state index in [1.807, 2.05) is 14.1 Å². The molecule has 0 aromatic heterocycles. The summed E-state index contributed by atoms with van der Waals surface area (Å²) in [4.78, 5) is 10.1. The van der Waals surface area contributed by atoms with Crippen LogP contribution < -0.4 is 10.6 Å². The van der Waals surface area contributed by atoms with Crippen LogP contribution in [0.3, 0.4) is 0 Å². The van der Waals surface area contributed by atoms with Crippen LogP contribution in [0.4, 0.5) is 22.7 Å². The van der Waals surface area contributed by atoms with Crippen molar-refractivity contribution in [3.05, 3.63) is 36.4 Å². The van der Waals surface area contributed by atoms with Gasteiger partial charge in [0.25, 0.3) is 0 Å². The minimum Gasteiger partial charge on any atom is -0.386 e. The minimum absolute atomic E-state index is 1.05. The molecule has 4 nitrogen and oxygen atoms in total. The Bertz CT molecular complexity index is 849. The maximum atomic E-state index is 5.04. The average Bonchev–Trinajstić information content (AvgIpc) is 2.80. The molecular formula is C26H34N4. The van der Waals surface area contributed by atoms with Gasteiger partial charge in [-0.15, -0.1) is 0 Å². The Morgan fingerprint density at radius 2 is 0.967 bits per heavy atom. The first-order chi connectivity index (χ1) is 14.8. The molecule has 0 saturated heterocycles. The van der Waals surface area contributed by atoms with Gasteiger partial charge in [0, 0.05) is 25.5 Å². The van der Waals surface area contributed by atoms with E-state index >= 15 is 0 Å². The summed E-state index contributed by atoms with van der Waals surface area (Å²) < 4.78 is 0. The van der Waals surface area contributed by atoms with Crippen LogP contribution in [-0.4, -0.2) is 25.5 Å². The molecule has 0 unspecified atom stereocenters. The Labute approximate surface area is 180 Å². The zero-order chi connectivity index (χ0) is 20.8. The highest BCUT2D eigenvalue weighted by Crippen LogP contribution is 2.36. The maximum Gasteiger partial charge on any atom is 0.0866 e. The molecule has 2 aliphatic rings. The first-order valence-electron chi connectivity index (χ1n) is 11.5. The summed E-state index contributed by atoms with van der Waals surface area (Å²) in [5, 5.41) is 6.62. The SMILES string of the molecule is CNc1ccc(-c2ccc(NC)c(N=C3CCCCC3)c2)cc1N=C1CCCCC1. The van der Waals surface area contributed by atoms with Crippen LogP contribution in [0.5, 0.6) is 0 Å². The van der Waals surface area contributed by atoms with Crippen LogP contribution in [0.15, 0.2) is 46.4 Å². The first kappa shape index (κ1) is 20.6. The lowest BCUT2D eigenvalue weighted by Gasteiger charge is -2.16. The highest BCUT2D eigenvalue weighted by atomic mass is 14.9. The lowest BCUT2D eigenvalue weighted by atomic mass is 9.97. The number of anilines is 2. The summed E-state index contributed by atoms with van der Waals surface area (Å²) in [5.74, 6) is 0. The predicted octanol–water partition coefficient (Wildman–Crippen LogP) is 7.51. The Hall–Kier alpha value is -2.62. The van der Waals surface area contributed by atoms with Crippen molar-refractivity contribution >= 4 is 34.2 Å². The largest absolute Gasteiger partial charge is 0.386 e. The predicted molar refractivity (Wildman–Crippen MR) is 131 cm³/mol. The van der Waals surface area contributed by atoms with E-state index in [1.54, 1.807) is 0 Å². The average molecular weight is 403 g/mol. The molecule has 2 saturated carbocycles. The third kappa shape index (κ3) is 4.92. The maximum absolute atomic E-state index is 5.04. The Kier molecular flexibility index (Phi) is 6.83. The number of hydrogen-bond donors (Lipinski definition) is 2. The van der Waals surface area contributed by atoms with E-state index in [-0.39, 0.29) is 0 Å². The van der Waals surface area contributed by atoms with Gasteiger partial charge in [-0.3, -0.25) is 9.98 Å². The van der Waals surface area contributed by atoms with Crippen molar-refractivity contribution in [2.24, 2.45) is 9.98 Å². The number of benzene rings is 2. The summed E-state index contributed by atoms with van der Waals surface area (Å²) in [7, 11) is 3.94. The summed E-state index contributed by atoms with van der Waals surface area (Å²) in [6.07, 6.45) is 12.3. The topological polar surface area (TPSA) is 48.8 Å². The fraction of sp³-hybridized carbons (Fsp3) is 0.462. The van der Waals surface area contributed by atoms with E-state index in [0.29, 0.717) is 0 Å². The molecule has 0 aliphatic heterocycles. The van der Waals surface area contributed by atoms with Crippen LogP contribution >= 0.6 is 0 Å². The van der Waals surface area contributed by atoms with Crippen LogP contribution in [0.2, 0.25) is 0 Å². The number of aliphatic imine (C=N–C) groups is 2. The van der Waals surface area contributed by atoms with Crippen LogP contribution in [0.25, 0.3) is 11.1 Å². The van der Waals surface area contributed by atoms with Gasteiger partial charge in [-0.25, -0.2) is 0 Å². The summed E-state index contributed by atoms with van der Waals surface area (Å²) in [6.45, 7) is 0. The van der Waals surface area contributed by atoms with E-state index in [2.05, 4.69) is 47.0 Å². The summed E-state index contributed by atoms with van der Waals surface area (Å²) in [5.41, 5.74) is 9.33. The molecule has 0 amide bonds. The Morgan fingerprint density at radius 3 is 1.33 bits per heavy atom. The van der Waals surface area contributed by atoms with Crippen LogP contribution in [-0.2, 0) is 0 Å². The van der Waals surface area contributed by atoms with Gasteiger partial charge < -0.3 is 10.6 Å². The molecule has 0 heterocycles. The molecule has 0 spiro atoms. The second-order valence-corrected chi connectivity index (χ2v) is 8.44. The number of nitrogens with one attached hydrogen (secondary N) is 2. The molecule has 2 aliphatic carbocycles. The van der Waals surface area contributed by atoms with Crippen molar-refractivity contribution in [1.29, 1.82) is 0 Å². The lowest BCUT2D eigenvalue weighted by Crippen LogP contribution is -2.04. The van der Waals surface area contributed by atoms with Crippen molar-refractivity contribution in [3.8, 4) is 11.1 Å². The molecule has 2 aromatic carbocycles. The third-order valence-corrected chi connectivity index (χ3v) is 6.29. The molecule has 0 radical (unpaired) electrons. The molecule has 4 heteroatoms. The van der Waals surface area contributed by atoms with Gasteiger partial charge in [0.15, 0.2) is 0 Å². The van der Waals surface area contributed by atoms with E-state index in [4.69, 9.17) is 9.98 Å². The highest BCUT2D eigenvalue weighted by Gasteiger charge is 2.12. The van der Waals surface area contributed by atoms with Gasteiger partial charge in [-0.2, -0.15) is 0 Å². The van der Waals surface area contributed by atoms with E-state index in [1.165, 1.54) is 61.1 Å². The van der Waals surface area contributed by atoms with Gasteiger partial charge in [0.1, 0.15) is 0 Å². The smallest absolute Gasteiger partial charge is 0.0866 e. The third-order valence-electron chi connectivity index (χ3n) is 6.29. The minimum atomic E-state index is 1.05. The first-order valence-corrected chi connectivity index (χ1v) is 11.5. The monoisotopic (exact) mass is 402 g/mol. The fourth-order valence-electron chi connectivity index (χ4n) is 4.51. The second kappa shape index (κ2) is 9.92. The van der Waals surface area contributed by atoms with Crippen molar-refractivity contribution in [3.63, 3.8) is 0 Å². The van der Waals surface area contributed by atoms with Crippen molar-refractivity contribution in [2.75, 3.05) is 24.7 Å². The van der Waals surface area contributed by atoms with Crippen molar-refractivity contribution < 1.29 is 0 Å². The van der Waals surface area contributed by atoms with Gasteiger partial charge in [0.05, 0.1) is 22.7 Å². The van der Waals surface area contributed by atoms with E-state index in [9.17, 15) is 0 Å². The molecule has 2 aromatic rings. The van der Waals surface area contributed by atoms with Crippen LogP contribution in [0, 0.1) is 0 Å². The van der Waals surface area contributed by atoms with Gasteiger partial charge in [-0.1, -0.05) is 25.0 Å². The fourth-order valence-corrected chi connectivity index (χ4v) is 4.51. The van der Waals surface area contributed by atoms with Gasteiger partial charge in [-0.05, 0) is 86.8 Å². The van der Waals surface area contributed by atoms with Gasteiger partial charge >= 0.3 is 0 Å². The lowest BCUT2D eigenvalue weighted by molar-refractivity contribution is 0.667.